The molecule has 6 nitrogen and oxygen atoms in total. The molecule has 1 aromatic rings. The fraction of sp³-hybridized carbons (Fsp3) is 0.684. The number of aliphatic hydroxyl groups is 1. The zero-order valence-corrected chi connectivity index (χ0v) is 27.2. The van der Waals surface area contributed by atoms with Gasteiger partial charge in [0, 0.05) is 11.5 Å². The lowest BCUT2D eigenvalue weighted by atomic mass is 9.37. The molecular formula is C38H52O6. The summed E-state index contributed by atoms with van der Waals surface area (Å²) in [6.45, 7) is 11.7. The van der Waals surface area contributed by atoms with Crippen LogP contribution < -0.4 is 0 Å². The summed E-state index contributed by atoms with van der Waals surface area (Å²) in [6, 6.07) is 6.67. The van der Waals surface area contributed by atoms with Crippen molar-refractivity contribution in [3.63, 3.8) is 0 Å². The van der Waals surface area contributed by atoms with Gasteiger partial charge in [0.2, 0.25) is 0 Å². The number of rotatable bonds is 5. The third kappa shape index (κ3) is 4.68. The molecule has 0 radical (unpaired) electrons. The van der Waals surface area contributed by atoms with Crippen molar-refractivity contribution in [2.24, 2.45) is 57.2 Å². The van der Waals surface area contributed by atoms with E-state index >= 15 is 0 Å². The number of carbonyl (C=O) groups is 2. The summed E-state index contributed by atoms with van der Waals surface area (Å²) in [4.78, 5) is 26.6. The summed E-state index contributed by atoms with van der Waals surface area (Å²) in [5.74, 6) is 0.722. The van der Waals surface area contributed by atoms with Crippen molar-refractivity contribution in [3.8, 4) is 5.75 Å². The highest BCUT2D eigenvalue weighted by Gasteiger charge is 2.68. The number of aromatic hydroxyl groups is 1. The van der Waals surface area contributed by atoms with Crippen LogP contribution in [-0.4, -0.2) is 40.0 Å². The molecule has 3 N–H and O–H groups in total. The number of benzene rings is 1. The van der Waals surface area contributed by atoms with Crippen LogP contribution in [-0.2, 0) is 14.3 Å². The van der Waals surface area contributed by atoms with Gasteiger partial charge in [-0.2, -0.15) is 0 Å². The standard InChI is InChI=1S/C38H52O6/c1-23-16-19-37(22-44-32(41)15-8-25-6-9-26(39)10-7-25)20-21-38(34(42)43)28-13-14-30-35(3,4)31(40)17-18-36(30,5)27(28)11-12-29(38)33(37)24(23)2/h6-10,12,15,23-24,27-28,30-31,33,39-40H,11,13-14,16-22H2,1-5H3,(H,42,43)/b15-8-/t23-,24+,27+,28-,30+,31+,33+,36-,37-,38-/m1/s1. The number of allylic oxidation sites excluding steroid dienone is 1. The van der Waals surface area contributed by atoms with Crippen LogP contribution in [0.15, 0.2) is 42.0 Å². The molecule has 5 aliphatic carbocycles. The Bertz CT molecular complexity index is 1340. The molecule has 10 atom stereocenters. The highest BCUT2D eigenvalue weighted by molar-refractivity contribution is 5.87. The predicted octanol–water partition coefficient (Wildman–Crippen LogP) is 7.64. The molecule has 1 aromatic carbocycles. The molecule has 44 heavy (non-hydrogen) atoms. The zero-order valence-electron chi connectivity index (χ0n) is 27.2. The van der Waals surface area contributed by atoms with Gasteiger partial charge in [0.1, 0.15) is 5.75 Å². The van der Waals surface area contributed by atoms with E-state index in [-0.39, 0.29) is 39.9 Å². The summed E-state index contributed by atoms with van der Waals surface area (Å²) in [7, 11) is 0. The molecule has 0 spiro atoms. The highest BCUT2D eigenvalue weighted by Crippen LogP contribution is 2.71. The van der Waals surface area contributed by atoms with Gasteiger partial charge in [0.05, 0.1) is 18.1 Å². The third-order valence-corrected chi connectivity index (χ3v) is 14.1. The zero-order chi connectivity index (χ0) is 31.7. The molecule has 0 amide bonds. The lowest BCUT2D eigenvalue weighted by Gasteiger charge is -2.67. The van der Waals surface area contributed by atoms with E-state index in [0.29, 0.717) is 36.7 Å². The number of phenolic OH excluding ortho intramolecular Hbond substituents is 1. The smallest absolute Gasteiger partial charge is 0.330 e. The summed E-state index contributed by atoms with van der Waals surface area (Å²) in [5, 5.41) is 31.7. The van der Waals surface area contributed by atoms with Gasteiger partial charge in [-0.05, 0) is 128 Å². The van der Waals surface area contributed by atoms with Crippen LogP contribution in [0, 0.1) is 57.2 Å². The van der Waals surface area contributed by atoms with Gasteiger partial charge in [-0.1, -0.05) is 58.4 Å². The number of fused-ring (bicyclic) bond motifs is 7. The van der Waals surface area contributed by atoms with Crippen molar-refractivity contribution in [1.29, 1.82) is 0 Å². The van der Waals surface area contributed by atoms with Crippen LogP contribution in [0.25, 0.3) is 6.08 Å². The molecule has 6 rings (SSSR count). The Kier molecular flexibility index (Phi) is 7.87. The van der Waals surface area contributed by atoms with Crippen molar-refractivity contribution in [3.05, 3.63) is 47.6 Å². The SMILES string of the molecule is C[C@H]1[C@H](C)CC[C@]2(COC(=O)/C=C\c3ccc(O)cc3)CC[C@]3(C(=O)O)C(=CC[C@H]4[C@H]3CC[C@H]3C(C)(C)[C@@H](O)CC[C@]43C)[C@H]12. The first-order valence-corrected chi connectivity index (χ1v) is 17.0. The maximum Gasteiger partial charge on any atom is 0.330 e. The second-order valence-electron chi connectivity index (χ2n) is 16.1. The first-order chi connectivity index (χ1) is 20.8. The van der Waals surface area contributed by atoms with Crippen molar-refractivity contribution in [2.45, 2.75) is 98.5 Å². The fourth-order valence-corrected chi connectivity index (χ4v) is 11.4. The molecule has 0 heterocycles. The molecular weight excluding hydrogens is 552 g/mol. The molecule has 4 saturated carbocycles. The molecule has 0 aliphatic heterocycles. The van der Waals surface area contributed by atoms with Crippen molar-refractivity contribution < 1.29 is 29.6 Å². The van der Waals surface area contributed by atoms with Crippen LogP contribution in [0.5, 0.6) is 5.75 Å². The van der Waals surface area contributed by atoms with Crippen LogP contribution >= 0.6 is 0 Å². The number of carbonyl (C=O) groups excluding carboxylic acids is 1. The second kappa shape index (κ2) is 11.0. The van der Waals surface area contributed by atoms with Crippen LogP contribution in [0.4, 0.5) is 0 Å². The topological polar surface area (TPSA) is 104 Å². The van der Waals surface area contributed by atoms with E-state index in [2.05, 4.69) is 40.7 Å². The quantitative estimate of drug-likeness (QED) is 0.181. The Morgan fingerprint density at radius 3 is 2.39 bits per heavy atom. The number of hydrogen-bond acceptors (Lipinski definition) is 5. The Morgan fingerprint density at radius 1 is 0.955 bits per heavy atom. The van der Waals surface area contributed by atoms with Gasteiger partial charge in [0.15, 0.2) is 0 Å². The van der Waals surface area contributed by atoms with Gasteiger partial charge < -0.3 is 20.1 Å². The normalized spacial score (nSPS) is 42.7. The molecule has 240 valence electrons. The Morgan fingerprint density at radius 2 is 1.68 bits per heavy atom. The van der Waals surface area contributed by atoms with Crippen molar-refractivity contribution in [2.75, 3.05) is 6.61 Å². The summed E-state index contributed by atoms with van der Waals surface area (Å²) < 4.78 is 6.00. The summed E-state index contributed by atoms with van der Waals surface area (Å²) in [5.41, 5.74) is 0.636. The highest BCUT2D eigenvalue weighted by atomic mass is 16.5. The Hall–Kier alpha value is -2.60. The number of hydrogen-bond donors (Lipinski definition) is 3. The third-order valence-electron chi connectivity index (χ3n) is 14.1. The molecule has 4 fully saturated rings. The monoisotopic (exact) mass is 604 g/mol. The fourth-order valence-electron chi connectivity index (χ4n) is 11.4. The van der Waals surface area contributed by atoms with E-state index in [1.807, 2.05) is 0 Å². The van der Waals surface area contributed by atoms with E-state index in [0.717, 1.165) is 62.5 Å². The number of esters is 1. The minimum absolute atomic E-state index is 0.00942. The molecule has 0 aromatic heterocycles. The molecule has 0 saturated heterocycles. The number of aliphatic hydroxyl groups excluding tert-OH is 1. The van der Waals surface area contributed by atoms with E-state index in [1.54, 1.807) is 30.3 Å². The average molecular weight is 605 g/mol. The first kappa shape index (κ1) is 31.4. The summed E-state index contributed by atoms with van der Waals surface area (Å²) >= 11 is 0. The van der Waals surface area contributed by atoms with Crippen LogP contribution in [0.3, 0.4) is 0 Å². The van der Waals surface area contributed by atoms with Gasteiger partial charge >= 0.3 is 11.9 Å². The first-order valence-electron chi connectivity index (χ1n) is 17.0. The van der Waals surface area contributed by atoms with Crippen LogP contribution in [0.1, 0.15) is 98.0 Å². The lowest BCUT2D eigenvalue weighted by Crippen LogP contribution is -2.63. The van der Waals surface area contributed by atoms with E-state index in [1.165, 1.54) is 6.08 Å². The number of carboxylic acid groups (broad SMARTS) is 1. The Labute approximate surface area is 263 Å². The second-order valence-corrected chi connectivity index (χ2v) is 16.1. The molecule has 6 heteroatoms. The average Bonchev–Trinajstić information content (AvgIpc) is 2.99. The minimum Gasteiger partial charge on any atom is -0.508 e. The predicted molar refractivity (Wildman–Crippen MR) is 170 cm³/mol. The van der Waals surface area contributed by atoms with Crippen molar-refractivity contribution in [1.82, 2.24) is 0 Å². The van der Waals surface area contributed by atoms with Gasteiger partial charge in [-0.3, -0.25) is 4.79 Å². The van der Waals surface area contributed by atoms with Crippen molar-refractivity contribution >= 4 is 18.0 Å². The van der Waals surface area contributed by atoms with E-state index in [4.69, 9.17) is 4.74 Å². The summed E-state index contributed by atoms with van der Waals surface area (Å²) in [6.07, 6.45) is 13.0. The minimum atomic E-state index is -0.876. The number of phenols is 1. The van der Waals surface area contributed by atoms with Gasteiger partial charge in [-0.25, -0.2) is 4.79 Å². The number of carboxylic acids is 1. The Balaban J connectivity index is 1.31. The van der Waals surface area contributed by atoms with Gasteiger partial charge in [-0.15, -0.1) is 0 Å². The molecule has 0 unspecified atom stereocenters. The molecule has 0 bridgehead atoms. The largest absolute Gasteiger partial charge is 0.508 e. The molecule has 5 aliphatic rings. The number of ether oxygens (including phenoxy) is 1. The van der Waals surface area contributed by atoms with Crippen LogP contribution in [0.2, 0.25) is 0 Å². The number of aliphatic carboxylic acids is 1. The van der Waals surface area contributed by atoms with Gasteiger partial charge in [0.25, 0.3) is 0 Å². The maximum atomic E-state index is 13.7. The van der Waals surface area contributed by atoms with E-state index < -0.39 is 17.4 Å². The maximum absolute atomic E-state index is 13.7. The lowest BCUT2D eigenvalue weighted by molar-refractivity contribution is -0.190. The van der Waals surface area contributed by atoms with E-state index in [9.17, 15) is 24.9 Å².